The van der Waals surface area contributed by atoms with E-state index in [4.69, 9.17) is 4.74 Å². The summed E-state index contributed by atoms with van der Waals surface area (Å²) >= 11 is 0. The first-order valence-corrected chi connectivity index (χ1v) is 4.47. The molecule has 0 atom stereocenters. The molecular weight excluding hydrogens is 214 g/mol. The van der Waals surface area contributed by atoms with Gasteiger partial charge >= 0.3 is 5.97 Å². The number of halogens is 1. The number of hydrogen-bond donors (Lipinski definition) is 0. The fourth-order valence-electron chi connectivity index (χ4n) is 1.24. The van der Waals surface area contributed by atoms with Gasteiger partial charge in [0.25, 0.3) is 0 Å². The van der Waals surface area contributed by atoms with Gasteiger partial charge in [-0.2, -0.15) is 0 Å². The summed E-state index contributed by atoms with van der Waals surface area (Å²) in [7, 11) is 0. The zero-order valence-corrected chi connectivity index (χ0v) is 9.38. The van der Waals surface area contributed by atoms with Crippen LogP contribution in [0.4, 0.5) is 0 Å². The molecule has 2 rings (SSSR count). The van der Waals surface area contributed by atoms with Crippen LogP contribution in [0.2, 0.25) is 0 Å². The second kappa shape index (κ2) is 4.03. The van der Waals surface area contributed by atoms with Crippen LogP contribution in [0.15, 0.2) is 35.3 Å². The molecule has 4 heteroatoms. The molecule has 1 aromatic rings. The number of cyclic esters (lactones) is 1. The Morgan fingerprint density at radius 1 is 1.20 bits per heavy atom. The lowest BCUT2D eigenvalue weighted by molar-refractivity contribution is -0.137. The molecular formula is C11H12ClNO2. The van der Waals surface area contributed by atoms with Gasteiger partial charge in [0.15, 0.2) is 5.54 Å². The van der Waals surface area contributed by atoms with E-state index >= 15 is 0 Å². The Kier molecular flexibility index (Phi) is 3.15. The molecule has 15 heavy (non-hydrogen) atoms. The Hall–Kier alpha value is -1.35. The molecule has 0 bridgehead atoms. The molecule has 0 spiro atoms. The van der Waals surface area contributed by atoms with Gasteiger partial charge in [0.1, 0.15) is 0 Å². The van der Waals surface area contributed by atoms with Gasteiger partial charge in [-0.25, -0.2) is 9.79 Å². The molecule has 0 amide bonds. The maximum Gasteiger partial charge on any atom is 0.340 e. The maximum absolute atomic E-state index is 11.3. The molecule has 0 saturated heterocycles. The van der Waals surface area contributed by atoms with Crippen molar-refractivity contribution in [3.8, 4) is 0 Å². The van der Waals surface area contributed by atoms with Crippen LogP contribution in [0.25, 0.3) is 0 Å². The fraction of sp³-hybridized carbons (Fsp3) is 0.273. The second-order valence-corrected chi connectivity index (χ2v) is 3.73. The first kappa shape index (κ1) is 11.7. The Morgan fingerprint density at radius 2 is 1.80 bits per heavy atom. The summed E-state index contributed by atoms with van der Waals surface area (Å²) in [5, 5.41) is 0. The molecule has 0 radical (unpaired) electrons. The lowest BCUT2D eigenvalue weighted by atomic mass is 10.1. The van der Waals surface area contributed by atoms with Crippen molar-refractivity contribution < 1.29 is 9.53 Å². The zero-order valence-electron chi connectivity index (χ0n) is 8.56. The van der Waals surface area contributed by atoms with Gasteiger partial charge in [0.05, 0.1) is 0 Å². The summed E-state index contributed by atoms with van der Waals surface area (Å²) in [6, 6.07) is 9.42. The molecule has 1 aliphatic heterocycles. The van der Waals surface area contributed by atoms with Gasteiger partial charge in [0, 0.05) is 5.56 Å². The van der Waals surface area contributed by atoms with Gasteiger partial charge in [-0.15, -0.1) is 12.4 Å². The van der Waals surface area contributed by atoms with Gasteiger partial charge in [0.2, 0.25) is 5.90 Å². The van der Waals surface area contributed by atoms with Crippen molar-refractivity contribution in [1.29, 1.82) is 0 Å². The monoisotopic (exact) mass is 225 g/mol. The van der Waals surface area contributed by atoms with Gasteiger partial charge in [-0.3, -0.25) is 0 Å². The Morgan fingerprint density at radius 3 is 2.27 bits per heavy atom. The quantitative estimate of drug-likeness (QED) is 0.688. The predicted octanol–water partition coefficient (Wildman–Crippen LogP) is 2.19. The maximum atomic E-state index is 11.3. The van der Waals surface area contributed by atoms with E-state index in [1.807, 2.05) is 30.3 Å². The third-order valence-corrected chi connectivity index (χ3v) is 2.09. The lowest BCUT2D eigenvalue weighted by Crippen LogP contribution is -2.25. The van der Waals surface area contributed by atoms with E-state index in [2.05, 4.69) is 4.99 Å². The molecule has 0 fully saturated rings. The van der Waals surface area contributed by atoms with Crippen molar-refractivity contribution in [3.63, 3.8) is 0 Å². The molecule has 0 saturated carbocycles. The van der Waals surface area contributed by atoms with E-state index in [9.17, 15) is 4.79 Å². The summed E-state index contributed by atoms with van der Waals surface area (Å²) < 4.78 is 5.07. The number of carbonyl (C=O) groups excluding carboxylic acids is 1. The van der Waals surface area contributed by atoms with Crippen LogP contribution in [-0.4, -0.2) is 17.4 Å². The molecule has 0 N–H and O–H groups in total. The molecule has 0 unspecified atom stereocenters. The zero-order chi connectivity index (χ0) is 10.2. The standard InChI is InChI=1S/C11H11NO2.ClH/c1-11(2)10(13)14-9(12-11)8-6-4-3-5-7-8;/h3-7H,1-2H3;1H. The van der Waals surface area contributed by atoms with Crippen molar-refractivity contribution in [2.24, 2.45) is 4.99 Å². The third kappa shape index (κ3) is 2.18. The van der Waals surface area contributed by atoms with E-state index in [0.29, 0.717) is 5.90 Å². The topological polar surface area (TPSA) is 38.7 Å². The van der Waals surface area contributed by atoms with Crippen LogP contribution < -0.4 is 0 Å². The van der Waals surface area contributed by atoms with E-state index in [1.165, 1.54) is 0 Å². The molecule has 3 nitrogen and oxygen atoms in total. The summed E-state index contributed by atoms with van der Waals surface area (Å²) in [5.41, 5.74) is 0.0944. The average molecular weight is 226 g/mol. The molecule has 80 valence electrons. The summed E-state index contributed by atoms with van der Waals surface area (Å²) in [5.74, 6) is 0.122. The molecule has 1 aliphatic rings. The predicted molar refractivity (Wildman–Crippen MR) is 60.4 cm³/mol. The number of ether oxygens (including phenoxy) is 1. The highest BCUT2D eigenvalue weighted by Gasteiger charge is 2.37. The van der Waals surface area contributed by atoms with Crippen LogP contribution in [-0.2, 0) is 9.53 Å². The number of hydrogen-bond acceptors (Lipinski definition) is 3. The fourth-order valence-corrected chi connectivity index (χ4v) is 1.24. The van der Waals surface area contributed by atoms with Crippen molar-refractivity contribution in [2.75, 3.05) is 0 Å². The summed E-state index contributed by atoms with van der Waals surface area (Å²) in [4.78, 5) is 15.6. The minimum Gasteiger partial charge on any atom is -0.405 e. The highest BCUT2D eigenvalue weighted by Crippen LogP contribution is 2.21. The summed E-state index contributed by atoms with van der Waals surface area (Å²) in [6.45, 7) is 3.48. The molecule has 0 aliphatic carbocycles. The van der Waals surface area contributed by atoms with Gasteiger partial charge < -0.3 is 4.74 Å². The Labute approximate surface area is 94.6 Å². The third-order valence-electron chi connectivity index (χ3n) is 2.09. The first-order chi connectivity index (χ1) is 6.59. The molecule has 0 aromatic heterocycles. The number of rotatable bonds is 1. The number of esters is 1. The SMILES string of the molecule is CC1(C)N=C(c2ccccc2)OC1=O.Cl. The number of benzene rings is 1. The normalized spacial score (nSPS) is 17.7. The van der Waals surface area contributed by atoms with Gasteiger partial charge in [-0.1, -0.05) is 18.2 Å². The summed E-state index contributed by atoms with van der Waals surface area (Å²) in [6.07, 6.45) is 0. The van der Waals surface area contributed by atoms with Crippen LogP contribution >= 0.6 is 12.4 Å². The van der Waals surface area contributed by atoms with Crippen molar-refractivity contribution in [3.05, 3.63) is 35.9 Å². The highest BCUT2D eigenvalue weighted by atomic mass is 35.5. The lowest BCUT2D eigenvalue weighted by Gasteiger charge is -2.05. The van der Waals surface area contributed by atoms with Gasteiger partial charge in [-0.05, 0) is 26.0 Å². The first-order valence-electron chi connectivity index (χ1n) is 4.47. The largest absolute Gasteiger partial charge is 0.405 e. The van der Waals surface area contributed by atoms with Crippen molar-refractivity contribution >= 4 is 24.3 Å². The van der Waals surface area contributed by atoms with Crippen molar-refractivity contribution in [1.82, 2.24) is 0 Å². The molecule has 1 aromatic carbocycles. The Bertz CT molecular complexity index is 398. The Balaban J connectivity index is 0.00000112. The highest BCUT2D eigenvalue weighted by molar-refractivity contribution is 6.07. The van der Waals surface area contributed by atoms with Crippen LogP contribution in [0.1, 0.15) is 19.4 Å². The van der Waals surface area contributed by atoms with Crippen molar-refractivity contribution in [2.45, 2.75) is 19.4 Å². The minimum atomic E-state index is -0.745. The second-order valence-electron chi connectivity index (χ2n) is 3.73. The minimum absolute atomic E-state index is 0. The number of aliphatic imine (C=N–C) groups is 1. The number of carbonyl (C=O) groups is 1. The van der Waals surface area contributed by atoms with E-state index in [-0.39, 0.29) is 18.4 Å². The van der Waals surface area contributed by atoms with Crippen LogP contribution in [0.5, 0.6) is 0 Å². The molecule has 1 heterocycles. The van der Waals surface area contributed by atoms with E-state index < -0.39 is 5.54 Å². The van der Waals surface area contributed by atoms with Crippen LogP contribution in [0.3, 0.4) is 0 Å². The van der Waals surface area contributed by atoms with Crippen LogP contribution in [0, 0.1) is 0 Å². The average Bonchev–Trinajstić information content (AvgIpc) is 2.43. The van der Waals surface area contributed by atoms with E-state index in [0.717, 1.165) is 5.56 Å². The smallest absolute Gasteiger partial charge is 0.340 e. The number of nitrogens with zero attached hydrogens (tertiary/aromatic N) is 1. The van der Waals surface area contributed by atoms with E-state index in [1.54, 1.807) is 13.8 Å².